The number of fused-ring (bicyclic) bond motifs is 1. The number of benzene rings is 1. The van der Waals surface area contributed by atoms with Gasteiger partial charge in [-0.05, 0) is 57.9 Å². The van der Waals surface area contributed by atoms with Gasteiger partial charge in [0.15, 0.2) is 5.78 Å². The molecule has 0 spiro atoms. The summed E-state index contributed by atoms with van der Waals surface area (Å²) < 4.78 is 6.49. The Labute approximate surface area is 223 Å². The molecule has 4 rings (SSSR count). The van der Waals surface area contributed by atoms with Crippen LogP contribution >= 0.6 is 23.2 Å². The van der Waals surface area contributed by atoms with Gasteiger partial charge in [0.2, 0.25) is 0 Å². The maximum atomic E-state index is 13.4. The van der Waals surface area contributed by atoms with E-state index in [0.29, 0.717) is 16.6 Å². The van der Waals surface area contributed by atoms with Gasteiger partial charge >= 0.3 is 6.09 Å². The highest BCUT2D eigenvalue weighted by atomic mass is 35.5. The Morgan fingerprint density at radius 2 is 1.70 bits per heavy atom. The maximum absolute atomic E-state index is 13.4. The zero-order valence-electron chi connectivity index (χ0n) is 20.6. The van der Waals surface area contributed by atoms with Crippen LogP contribution in [0.2, 0.25) is 10.0 Å². The van der Waals surface area contributed by atoms with E-state index in [1.807, 2.05) is 0 Å². The Hall–Kier alpha value is -3.43. The summed E-state index contributed by atoms with van der Waals surface area (Å²) >= 11 is 12.8. The second kappa shape index (κ2) is 10.5. The Kier molecular flexibility index (Phi) is 7.57. The van der Waals surface area contributed by atoms with Crippen LogP contribution in [0, 0.1) is 5.92 Å². The van der Waals surface area contributed by atoms with Crippen LogP contribution in [0.4, 0.5) is 4.79 Å². The molecule has 0 saturated heterocycles. The van der Waals surface area contributed by atoms with E-state index in [1.54, 1.807) is 39.1 Å². The molecular weight excluding hydrogens is 519 g/mol. The number of carbonyl (C=O) groups is 4. The number of nitrogens with zero attached hydrogens (tertiary/aromatic N) is 2. The van der Waals surface area contributed by atoms with Crippen molar-refractivity contribution in [1.82, 2.24) is 20.2 Å². The summed E-state index contributed by atoms with van der Waals surface area (Å²) in [5.41, 5.74) is 0.408. The number of Topliss-reactive ketones (excluding diaryl/α,β-unsaturated/α-hetero) is 1. The molecule has 1 aliphatic carbocycles. The van der Waals surface area contributed by atoms with Crippen LogP contribution in [0.3, 0.4) is 0 Å². The lowest BCUT2D eigenvalue weighted by molar-refractivity contribution is 0.0526. The zero-order chi connectivity index (χ0) is 26.9. The monoisotopic (exact) mass is 544 g/mol. The van der Waals surface area contributed by atoms with Crippen molar-refractivity contribution in [2.45, 2.75) is 39.2 Å². The maximum Gasteiger partial charge on any atom is 0.407 e. The van der Waals surface area contributed by atoms with Crippen molar-refractivity contribution in [2.75, 3.05) is 13.1 Å². The van der Waals surface area contributed by atoms with Crippen LogP contribution in [0.25, 0.3) is 10.9 Å². The highest BCUT2D eigenvalue weighted by Crippen LogP contribution is 2.34. The molecule has 0 atom stereocenters. The van der Waals surface area contributed by atoms with Crippen molar-refractivity contribution < 1.29 is 23.9 Å². The summed E-state index contributed by atoms with van der Waals surface area (Å²) in [6.07, 6.45) is 4.15. The fourth-order valence-electron chi connectivity index (χ4n) is 3.76. The topological polar surface area (TPSA) is 119 Å². The summed E-state index contributed by atoms with van der Waals surface area (Å²) in [7, 11) is 0. The molecule has 2 amide bonds. The number of hydrogen-bond acceptors (Lipinski definition) is 6. The Morgan fingerprint density at radius 1 is 1.05 bits per heavy atom. The van der Waals surface area contributed by atoms with Gasteiger partial charge in [-0.15, -0.1) is 0 Å². The minimum Gasteiger partial charge on any atom is -0.444 e. The number of ketones is 1. The second-order valence-electron chi connectivity index (χ2n) is 9.72. The van der Waals surface area contributed by atoms with Gasteiger partial charge in [0, 0.05) is 42.4 Å². The van der Waals surface area contributed by atoms with E-state index in [1.165, 1.54) is 22.9 Å². The predicted molar refractivity (Wildman–Crippen MR) is 140 cm³/mol. The lowest BCUT2D eigenvalue weighted by Gasteiger charge is -2.19. The average molecular weight is 545 g/mol. The molecule has 1 fully saturated rings. The average Bonchev–Trinajstić information content (AvgIpc) is 3.57. The van der Waals surface area contributed by atoms with E-state index in [9.17, 15) is 19.2 Å². The van der Waals surface area contributed by atoms with E-state index in [2.05, 4.69) is 15.6 Å². The van der Waals surface area contributed by atoms with Crippen LogP contribution in [0.15, 0.2) is 36.7 Å². The first kappa shape index (κ1) is 26.6. The Balaban J connectivity index is 1.47. The minimum absolute atomic E-state index is 0.000263. The molecule has 37 heavy (non-hydrogen) atoms. The molecule has 3 aromatic rings. The van der Waals surface area contributed by atoms with E-state index in [4.69, 9.17) is 27.9 Å². The molecule has 0 unspecified atom stereocenters. The fraction of sp³-hybridized carbons (Fsp3) is 0.346. The van der Waals surface area contributed by atoms with Crippen molar-refractivity contribution in [3.63, 3.8) is 0 Å². The predicted octanol–water partition coefficient (Wildman–Crippen LogP) is 4.88. The third-order valence-corrected chi connectivity index (χ3v) is 6.21. The fourth-order valence-corrected chi connectivity index (χ4v) is 4.41. The molecule has 2 aromatic heterocycles. The minimum atomic E-state index is -0.625. The number of pyridine rings is 1. The zero-order valence-corrected chi connectivity index (χ0v) is 22.1. The molecule has 1 saturated carbocycles. The van der Waals surface area contributed by atoms with Crippen molar-refractivity contribution in [2.24, 2.45) is 5.92 Å². The number of halogens is 2. The van der Waals surface area contributed by atoms with Gasteiger partial charge in [-0.2, -0.15) is 0 Å². The molecule has 2 heterocycles. The first-order valence-electron chi connectivity index (χ1n) is 11.8. The number of hydrogen-bond donors (Lipinski definition) is 2. The van der Waals surface area contributed by atoms with Crippen molar-refractivity contribution in [3.05, 3.63) is 63.5 Å². The molecule has 0 bridgehead atoms. The van der Waals surface area contributed by atoms with E-state index >= 15 is 0 Å². The normalized spacial score (nSPS) is 13.3. The quantitative estimate of drug-likeness (QED) is 0.323. The van der Waals surface area contributed by atoms with Crippen LogP contribution in [0.1, 0.15) is 64.8 Å². The van der Waals surface area contributed by atoms with Crippen molar-refractivity contribution >= 4 is 57.8 Å². The summed E-state index contributed by atoms with van der Waals surface area (Å²) in [5.74, 6) is -1.01. The van der Waals surface area contributed by atoms with Gasteiger partial charge in [0.1, 0.15) is 11.3 Å². The van der Waals surface area contributed by atoms with Crippen LogP contribution in [-0.2, 0) is 4.74 Å². The third-order valence-electron chi connectivity index (χ3n) is 5.61. The van der Waals surface area contributed by atoms with Crippen LogP contribution in [0.5, 0.6) is 0 Å². The molecule has 9 nitrogen and oxygen atoms in total. The number of ether oxygens (including phenoxy) is 1. The number of rotatable bonds is 7. The standard InChI is InChI=1S/C26H26Cl2N4O5/c1-26(2,3)37-25(36)31-10-9-30-23(34)15-12-17(27)20(18(28)13-15)24(35)32-11-7-16-19(32)6-8-29-21(16)22(33)14-4-5-14/h6-8,11-14H,4-5,9-10H2,1-3H3,(H,30,34)(H,31,36). The molecular formula is C26H26Cl2N4O5. The molecule has 1 aliphatic rings. The molecule has 194 valence electrons. The van der Waals surface area contributed by atoms with Crippen molar-refractivity contribution in [3.8, 4) is 0 Å². The molecule has 2 N–H and O–H groups in total. The smallest absolute Gasteiger partial charge is 0.407 e. The van der Waals surface area contributed by atoms with E-state index < -0.39 is 23.5 Å². The van der Waals surface area contributed by atoms with Gasteiger partial charge in [-0.25, -0.2) is 4.79 Å². The Morgan fingerprint density at radius 3 is 2.32 bits per heavy atom. The van der Waals surface area contributed by atoms with Gasteiger partial charge in [0.25, 0.3) is 11.8 Å². The molecule has 11 heteroatoms. The van der Waals surface area contributed by atoms with Gasteiger partial charge in [0.05, 0.1) is 21.1 Å². The van der Waals surface area contributed by atoms with E-state index in [-0.39, 0.29) is 46.0 Å². The number of carbonyl (C=O) groups excluding carboxylic acids is 4. The van der Waals surface area contributed by atoms with Gasteiger partial charge < -0.3 is 15.4 Å². The summed E-state index contributed by atoms with van der Waals surface area (Å²) in [4.78, 5) is 54.5. The Bertz CT molecular complexity index is 1380. The second-order valence-corrected chi connectivity index (χ2v) is 10.5. The first-order valence-corrected chi connectivity index (χ1v) is 12.5. The number of amides is 2. The van der Waals surface area contributed by atoms with E-state index in [0.717, 1.165) is 12.8 Å². The molecule has 0 aliphatic heterocycles. The number of alkyl carbamates (subject to hydrolysis) is 1. The van der Waals surface area contributed by atoms with Gasteiger partial charge in [-0.3, -0.25) is 23.9 Å². The molecule has 0 radical (unpaired) electrons. The SMILES string of the molecule is CC(C)(C)OC(=O)NCCNC(=O)c1cc(Cl)c(C(=O)n2ccc3c(C(=O)C4CC4)nccc32)c(Cl)c1. The van der Waals surface area contributed by atoms with Crippen LogP contribution in [-0.4, -0.2) is 51.9 Å². The highest BCUT2D eigenvalue weighted by molar-refractivity contribution is 6.40. The molecule has 1 aromatic carbocycles. The largest absolute Gasteiger partial charge is 0.444 e. The summed E-state index contributed by atoms with van der Waals surface area (Å²) in [6, 6.07) is 6.02. The lowest BCUT2D eigenvalue weighted by Crippen LogP contribution is -2.37. The van der Waals surface area contributed by atoms with Crippen LogP contribution < -0.4 is 10.6 Å². The highest BCUT2D eigenvalue weighted by Gasteiger charge is 2.33. The number of aromatic nitrogens is 2. The first-order chi connectivity index (χ1) is 17.5. The number of nitrogens with one attached hydrogen (secondary N) is 2. The summed E-state index contributed by atoms with van der Waals surface area (Å²) in [5, 5.41) is 5.77. The lowest BCUT2D eigenvalue weighted by atomic mass is 10.1. The van der Waals surface area contributed by atoms with Crippen molar-refractivity contribution in [1.29, 1.82) is 0 Å². The summed E-state index contributed by atoms with van der Waals surface area (Å²) in [6.45, 7) is 5.54. The third kappa shape index (κ3) is 6.11. The van der Waals surface area contributed by atoms with Gasteiger partial charge in [-0.1, -0.05) is 23.2 Å².